The molecule has 98 valence electrons. The molecule has 2 heterocycles. The van der Waals surface area contributed by atoms with Gasteiger partial charge in [-0.2, -0.15) is 0 Å². The summed E-state index contributed by atoms with van der Waals surface area (Å²) < 4.78 is 5.13. The van der Waals surface area contributed by atoms with Crippen LogP contribution in [0, 0.1) is 0 Å². The number of carbonyl (C=O) groups is 2. The number of carbonyl (C=O) groups excluding carboxylic acids is 2. The van der Waals surface area contributed by atoms with E-state index in [0.717, 1.165) is 25.3 Å². The monoisotopic (exact) mass is 251 g/mol. The lowest BCUT2D eigenvalue weighted by atomic mass is 10.3. The highest BCUT2D eigenvalue weighted by atomic mass is 16.3. The molecule has 0 unspecified atom stereocenters. The van der Waals surface area contributed by atoms with Gasteiger partial charge in [0.1, 0.15) is 5.76 Å². The third kappa shape index (κ3) is 3.59. The van der Waals surface area contributed by atoms with E-state index in [1.807, 2.05) is 11.0 Å². The first-order valence-electron chi connectivity index (χ1n) is 5.98. The molecular formula is C12H17N3O3. The number of nitrogens with one attached hydrogen (secondary N) is 1. The first-order valence-corrected chi connectivity index (χ1v) is 5.98. The molecule has 1 N–H and O–H groups in total. The van der Waals surface area contributed by atoms with Crippen molar-refractivity contribution in [2.45, 2.75) is 6.54 Å². The lowest BCUT2D eigenvalue weighted by molar-refractivity contribution is -0.123. The van der Waals surface area contributed by atoms with Gasteiger partial charge >= 0.3 is 0 Å². The fourth-order valence-electron chi connectivity index (χ4n) is 1.88. The van der Waals surface area contributed by atoms with Crippen molar-refractivity contribution in [1.82, 2.24) is 15.1 Å². The van der Waals surface area contributed by atoms with Crippen LogP contribution in [0.15, 0.2) is 22.8 Å². The van der Waals surface area contributed by atoms with Gasteiger partial charge in [-0.25, -0.2) is 0 Å². The molecular weight excluding hydrogens is 234 g/mol. The van der Waals surface area contributed by atoms with Gasteiger partial charge in [-0.15, -0.1) is 0 Å². The Morgan fingerprint density at radius 2 is 2.17 bits per heavy atom. The molecule has 0 saturated carbocycles. The standard InChI is InChI=1S/C12H17N3O3/c16-10-15-5-3-14(4-6-15)9-12(17)13-8-11-2-1-7-18-11/h1-2,7,10H,3-6,8-9H2,(H,13,17). The Morgan fingerprint density at radius 3 is 2.78 bits per heavy atom. The summed E-state index contributed by atoms with van der Waals surface area (Å²) in [6, 6.07) is 3.61. The van der Waals surface area contributed by atoms with Crippen LogP contribution in [0.4, 0.5) is 0 Å². The first kappa shape index (κ1) is 12.6. The maximum atomic E-state index is 11.7. The van der Waals surface area contributed by atoms with Gasteiger partial charge in [0.05, 0.1) is 19.4 Å². The van der Waals surface area contributed by atoms with Gasteiger partial charge in [-0.3, -0.25) is 14.5 Å². The van der Waals surface area contributed by atoms with Crippen LogP contribution in [-0.4, -0.2) is 54.8 Å². The van der Waals surface area contributed by atoms with Gasteiger partial charge in [0, 0.05) is 26.2 Å². The largest absolute Gasteiger partial charge is 0.467 e. The summed E-state index contributed by atoms with van der Waals surface area (Å²) in [6.45, 7) is 3.65. The molecule has 6 heteroatoms. The van der Waals surface area contributed by atoms with Crippen LogP contribution in [0.1, 0.15) is 5.76 Å². The van der Waals surface area contributed by atoms with E-state index in [1.165, 1.54) is 0 Å². The van der Waals surface area contributed by atoms with Crippen LogP contribution in [0.5, 0.6) is 0 Å². The molecule has 0 spiro atoms. The van der Waals surface area contributed by atoms with E-state index in [1.54, 1.807) is 17.2 Å². The van der Waals surface area contributed by atoms with E-state index in [4.69, 9.17) is 4.42 Å². The zero-order valence-corrected chi connectivity index (χ0v) is 10.2. The number of amides is 2. The molecule has 0 atom stereocenters. The van der Waals surface area contributed by atoms with Crippen molar-refractivity contribution in [1.29, 1.82) is 0 Å². The number of piperazine rings is 1. The van der Waals surface area contributed by atoms with Gasteiger partial charge in [-0.1, -0.05) is 0 Å². The van der Waals surface area contributed by atoms with Gasteiger partial charge in [-0.05, 0) is 12.1 Å². The Bertz CT molecular complexity index is 383. The normalized spacial score (nSPS) is 16.6. The zero-order valence-electron chi connectivity index (χ0n) is 10.2. The fraction of sp³-hybridized carbons (Fsp3) is 0.500. The van der Waals surface area contributed by atoms with Crippen molar-refractivity contribution in [3.05, 3.63) is 24.2 Å². The molecule has 1 aliphatic heterocycles. The third-order valence-electron chi connectivity index (χ3n) is 2.96. The number of furan rings is 1. The molecule has 0 aliphatic carbocycles. The maximum absolute atomic E-state index is 11.7. The highest BCUT2D eigenvalue weighted by Gasteiger charge is 2.17. The Hall–Kier alpha value is -1.82. The molecule has 6 nitrogen and oxygen atoms in total. The van der Waals surface area contributed by atoms with Gasteiger partial charge in [0.15, 0.2) is 0 Å². The van der Waals surface area contributed by atoms with Crippen molar-refractivity contribution < 1.29 is 14.0 Å². The zero-order chi connectivity index (χ0) is 12.8. The maximum Gasteiger partial charge on any atom is 0.234 e. The number of hydrogen-bond acceptors (Lipinski definition) is 4. The lowest BCUT2D eigenvalue weighted by Gasteiger charge is -2.31. The van der Waals surface area contributed by atoms with Crippen LogP contribution in [0.2, 0.25) is 0 Å². The molecule has 2 amide bonds. The molecule has 0 aromatic carbocycles. The predicted molar refractivity (Wildman–Crippen MR) is 64.6 cm³/mol. The average Bonchev–Trinajstić information content (AvgIpc) is 2.90. The van der Waals surface area contributed by atoms with E-state index in [2.05, 4.69) is 5.32 Å². The number of hydrogen-bond donors (Lipinski definition) is 1. The first-order chi connectivity index (χ1) is 8.78. The van der Waals surface area contributed by atoms with Gasteiger partial charge in [0.25, 0.3) is 0 Å². The molecule has 18 heavy (non-hydrogen) atoms. The van der Waals surface area contributed by atoms with E-state index in [-0.39, 0.29) is 5.91 Å². The molecule has 1 aliphatic rings. The van der Waals surface area contributed by atoms with E-state index >= 15 is 0 Å². The highest BCUT2D eigenvalue weighted by molar-refractivity contribution is 5.77. The van der Waals surface area contributed by atoms with Crippen LogP contribution in [0.25, 0.3) is 0 Å². The summed E-state index contributed by atoms with van der Waals surface area (Å²) in [4.78, 5) is 26.0. The van der Waals surface area contributed by atoms with E-state index in [0.29, 0.717) is 26.2 Å². The van der Waals surface area contributed by atoms with Crippen molar-refractivity contribution in [3.8, 4) is 0 Å². The van der Waals surface area contributed by atoms with Gasteiger partial charge in [0.2, 0.25) is 12.3 Å². The molecule has 0 bridgehead atoms. The summed E-state index contributed by atoms with van der Waals surface area (Å²) in [5, 5.41) is 2.80. The fourth-order valence-corrected chi connectivity index (χ4v) is 1.88. The van der Waals surface area contributed by atoms with E-state index < -0.39 is 0 Å². The minimum absolute atomic E-state index is 0.0223. The molecule has 1 saturated heterocycles. The summed E-state index contributed by atoms with van der Waals surface area (Å²) in [5.41, 5.74) is 0. The topological polar surface area (TPSA) is 65.8 Å². The highest BCUT2D eigenvalue weighted by Crippen LogP contribution is 2.00. The number of rotatable bonds is 5. The van der Waals surface area contributed by atoms with Crippen LogP contribution < -0.4 is 5.32 Å². The molecule has 2 rings (SSSR count). The second kappa shape index (κ2) is 6.20. The average molecular weight is 251 g/mol. The van der Waals surface area contributed by atoms with Crippen LogP contribution >= 0.6 is 0 Å². The van der Waals surface area contributed by atoms with Crippen molar-refractivity contribution in [3.63, 3.8) is 0 Å². The SMILES string of the molecule is O=CN1CCN(CC(=O)NCc2ccco2)CC1. The predicted octanol–water partition coefficient (Wildman–Crippen LogP) is -0.330. The summed E-state index contributed by atoms with van der Waals surface area (Å²) in [5.74, 6) is 0.722. The third-order valence-corrected chi connectivity index (χ3v) is 2.96. The Morgan fingerprint density at radius 1 is 1.39 bits per heavy atom. The second-order valence-electron chi connectivity index (χ2n) is 4.27. The van der Waals surface area contributed by atoms with Crippen molar-refractivity contribution in [2.24, 2.45) is 0 Å². The summed E-state index contributed by atoms with van der Waals surface area (Å²) in [6.07, 6.45) is 2.44. The van der Waals surface area contributed by atoms with E-state index in [9.17, 15) is 9.59 Å². The minimum Gasteiger partial charge on any atom is -0.467 e. The Kier molecular flexibility index (Phi) is 4.35. The summed E-state index contributed by atoms with van der Waals surface area (Å²) in [7, 11) is 0. The molecule has 0 radical (unpaired) electrons. The molecule has 1 aromatic heterocycles. The lowest BCUT2D eigenvalue weighted by Crippen LogP contribution is -2.48. The molecule has 1 aromatic rings. The Balaban J connectivity index is 1.67. The second-order valence-corrected chi connectivity index (χ2v) is 4.27. The Labute approximate surface area is 106 Å². The van der Waals surface area contributed by atoms with Crippen molar-refractivity contribution in [2.75, 3.05) is 32.7 Å². The van der Waals surface area contributed by atoms with Crippen LogP contribution in [0.3, 0.4) is 0 Å². The van der Waals surface area contributed by atoms with Crippen molar-refractivity contribution >= 4 is 12.3 Å². The van der Waals surface area contributed by atoms with Crippen LogP contribution in [-0.2, 0) is 16.1 Å². The quantitative estimate of drug-likeness (QED) is 0.728. The summed E-state index contributed by atoms with van der Waals surface area (Å²) >= 11 is 0. The number of nitrogens with zero attached hydrogens (tertiary/aromatic N) is 2. The minimum atomic E-state index is -0.0223. The molecule has 1 fully saturated rings. The smallest absolute Gasteiger partial charge is 0.234 e. The van der Waals surface area contributed by atoms with Gasteiger partial charge < -0.3 is 14.6 Å².